The molecule has 1 aliphatic rings. The van der Waals surface area contributed by atoms with Crippen LogP contribution in [0.5, 0.6) is 0 Å². The second-order valence-corrected chi connectivity index (χ2v) is 3.82. The maximum Gasteiger partial charge on any atom is 0.0474 e. The Labute approximate surface area is 74.5 Å². The summed E-state index contributed by atoms with van der Waals surface area (Å²) in [4.78, 5) is 2.40. The third-order valence-electron chi connectivity index (χ3n) is 2.76. The van der Waals surface area contributed by atoms with Gasteiger partial charge in [0.05, 0.1) is 0 Å². The Hall–Kier alpha value is -0.120. The molecule has 1 rings (SSSR count). The van der Waals surface area contributed by atoms with Gasteiger partial charge in [-0.1, -0.05) is 6.92 Å². The summed E-state index contributed by atoms with van der Waals surface area (Å²) in [7, 11) is 0. The largest absolute Gasteiger partial charge is 0.396 e. The molecule has 0 bridgehead atoms. The minimum atomic E-state index is 0.334. The molecule has 2 atom stereocenters. The number of nitrogens with two attached hydrogens (primary N) is 1. The molecule has 0 spiro atoms. The number of nitrogens with zero attached hydrogens (tertiary/aromatic N) is 1. The molecule has 72 valence electrons. The van der Waals surface area contributed by atoms with Gasteiger partial charge in [0, 0.05) is 19.7 Å². The molecule has 0 unspecified atom stereocenters. The molecule has 0 amide bonds. The Morgan fingerprint density at radius 2 is 2.25 bits per heavy atom. The third-order valence-corrected chi connectivity index (χ3v) is 2.76. The second-order valence-electron chi connectivity index (χ2n) is 3.82. The van der Waals surface area contributed by atoms with Crippen molar-refractivity contribution in [2.45, 2.75) is 13.3 Å². The van der Waals surface area contributed by atoms with Gasteiger partial charge in [0.15, 0.2) is 0 Å². The Kier molecular flexibility index (Phi) is 3.98. The molecule has 12 heavy (non-hydrogen) atoms. The van der Waals surface area contributed by atoms with E-state index < -0.39 is 0 Å². The fourth-order valence-electron chi connectivity index (χ4n) is 1.88. The van der Waals surface area contributed by atoms with Crippen molar-refractivity contribution in [3.05, 3.63) is 0 Å². The van der Waals surface area contributed by atoms with E-state index in [2.05, 4.69) is 11.8 Å². The summed E-state index contributed by atoms with van der Waals surface area (Å²) in [5.74, 6) is 1.13. The van der Waals surface area contributed by atoms with Gasteiger partial charge in [-0.05, 0) is 31.3 Å². The van der Waals surface area contributed by atoms with E-state index in [0.717, 1.165) is 32.6 Å². The summed E-state index contributed by atoms with van der Waals surface area (Å²) in [6, 6.07) is 0. The zero-order chi connectivity index (χ0) is 8.97. The first-order valence-electron chi connectivity index (χ1n) is 4.81. The molecule has 0 aromatic rings. The lowest BCUT2D eigenvalue weighted by atomic mass is 10.00. The van der Waals surface area contributed by atoms with Crippen molar-refractivity contribution < 1.29 is 5.11 Å². The van der Waals surface area contributed by atoms with Gasteiger partial charge in [0.25, 0.3) is 0 Å². The third kappa shape index (κ3) is 2.44. The Bertz CT molecular complexity index is 130. The Morgan fingerprint density at radius 1 is 1.50 bits per heavy atom. The van der Waals surface area contributed by atoms with Gasteiger partial charge >= 0.3 is 0 Å². The Balaban J connectivity index is 2.23. The minimum absolute atomic E-state index is 0.334. The van der Waals surface area contributed by atoms with E-state index in [0.29, 0.717) is 18.4 Å². The van der Waals surface area contributed by atoms with Crippen molar-refractivity contribution in [2.75, 3.05) is 32.8 Å². The average Bonchev–Trinajstić information content (AvgIpc) is 2.43. The van der Waals surface area contributed by atoms with Crippen LogP contribution in [0.2, 0.25) is 0 Å². The first-order valence-corrected chi connectivity index (χ1v) is 4.81. The minimum Gasteiger partial charge on any atom is -0.396 e. The van der Waals surface area contributed by atoms with Crippen LogP contribution >= 0.6 is 0 Å². The Morgan fingerprint density at radius 3 is 2.75 bits per heavy atom. The molecule has 0 saturated carbocycles. The van der Waals surface area contributed by atoms with E-state index in [1.54, 1.807) is 0 Å². The first-order chi connectivity index (χ1) is 5.77. The molecule has 1 fully saturated rings. The van der Waals surface area contributed by atoms with Crippen molar-refractivity contribution in [3.8, 4) is 0 Å². The van der Waals surface area contributed by atoms with Gasteiger partial charge in [-0.3, -0.25) is 0 Å². The summed E-state index contributed by atoms with van der Waals surface area (Å²) in [5, 5.41) is 9.03. The number of aliphatic hydroxyl groups is 1. The van der Waals surface area contributed by atoms with Gasteiger partial charge in [-0.25, -0.2) is 0 Å². The van der Waals surface area contributed by atoms with E-state index >= 15 is 0 Å². The van der Waals surface area contributed by atoms with Crippen LogP contribution in [0.3, 0.4) is 0 Å². The summed E-state index contributed by atoms with van der Waals surface area (Å²) in [6.07, 6.45) is 1.07. The molecule has 1 heterocycles. The van der Waals surface area contributed by atoms with Crippen molar-refractivity contribution in [2.24, 2.45) is 17.6 Å². The van der Waals surface area contributed by atoms with Crippen LogP contribution in [0.25, 0.3) is 0 Å². The number of aliphatic hydroxyl groups excluding tert-OH is 1. The molecule has 0 radical (unpaired) electrons. The SMILES string of the molecule is C[C@H]1CN(CCCN)C[C@@H]1CO. The molecule has 1 aliphatic heterocycles. The van der Waals surface area contributed by atoms with Crippen LogP contribution in [-0.2, 0) is 0 Å². The van der Waals surface area contributed by atoms with Crippen LogP contribution in [0, 0.1) is 11.8 Å². The van der Waals surface area contributed by atoms with Gasteiger partial charge in [-0.2, -0.15) is 0 Å². The molecule has 3 N–H and O–H groups in total. The maximum absolute atomic E-state index is 9.03. The highest BCUT2D eigenvalue weighted by molar-refractivity contribution is 4.80. The monoisotopic (exact) mass is 172 g/mol. The highest BCUT2D eigenvalue weighted by Crippen LogP contribution is 2.21. The number of hydrogen-bond donors (Lipinski definition) is 2. The standard InChI is InChI=1S/C9H20N2O/c1-8-5-11(4-2-3-10)6-9(8)7-12/h8-9,12H,2-7,10H2,1H3/t8-,9+/m0/s1. The van der Waals surface area contributed by atoms with E-state index in [1.165, 1.54) is 0 Å². The summed E-state index contributed by atoms with van der Waals surface area (Å²) < 4.78 is 0. The fourth-order valence-corrected chi connectivity index (χ4v) is 1.88. The predicted molar refractivity (Wildman–Crippen MR) is 49.9 cm³/mol. The normalized spacial score (nSPS) is 31.2. The number of rotatable bonds is 4. The maximum atomic E-state index is 9.03. The van der Waals surface area contributed by atoms with Crippen LogP contribution < -0.4 is 5.73 Å². The van der Waals surface area contributed by atoms with E-state index in [-0.39, 0.29) is 0 Å². The fraction of sp³-hybridized carbons (Fsp3) is 1.00. The van der Waals surface area contributed by atoms with Crippen LogP contribution in [0.4, 0.5) is 0 Å². The quantitative estimate of drug-likeness (QED) is 0.622. The van der Waals surface area contributed by atoms with Gasteiger partial charge in [0.1, 0.15) is 0 Å². The van der Waals surface area contributed by atoms with Crippen molar-refractivity contribution in [3.63, 3.8) is 0 Å². The van der Waals surface area contributed by atoms with Crippen LogP contribution in [0.15, 0.2) is 0 Å². The second kappa shape index (κ2) is 4.80. The lowest BCUT2D eigenvalue weighted by Crippen LogP contribution is -2.24. The lowest BCUT2D eigenvalue weighted by Gasteiger charge is -2.13. The zero-order valence-corrected chi connectivity index (χ0v) is 7.87. The smallest absolute Gasteiger partial charge is 0.0474 e. The molecule has 1 saturated heterocycles. The van der Waals surface area contributed by atoms with Crippen LogP contribution in [0.1, 0.15) is 13.3 Å². The molecular formula is C9H20N2O. The summed E-state index contributed by atoms with van der Waals surface area (Å²) in [5.41, 5.74) is 5.43. The molecule has 0 aromatic carbocycles. The summed E-state index contributed by atoms with van der Waals surface area (Å²) >= 11 is 0. The molecular weight excluding hydrogens is 152 g/mol. The van der Waals surface area contributed by atoms with Gasteiger partial charge in [0.2, 0.25) is 0 Å². The molecule has 0 aliphatic carbocycles. The van der Waals surface area contributed by atoms with E-state index in [4.69, 9.17) is 10.8 Å². The van der Waals surface area contributed by atoms with E-state index in [1.807, 2.05) is 0 Å². The summed E-state index contributed by atoms with van der Waals surface area (Å²) in [6.45, 7) is 6.60. The van der Waals surface area contributed by atoms with E-state index in [9.17, 15) is 0 Å². The highest BCUT2D eigenvalue weighted by atomic mass is 16.3. The highest BCUT2D eigenvalue weighted by Gasteiger charge is 2.27. The van der Waals surface area contributed by atoms with Gasteiger partial charge < -0.3 is 15.7 Å². The average molecular weight is 172 g/mol. The first kappa shape index (κ1) is 9.96. The topological polar surface area (TPSA) is 49.5 Å². The zero-order valence-electron chi connectivity index (χ0n) is 7.87. The van der Waals surface area contributed by atoms with Gasteiger partial charge in [-0.15, -0.1) is 0 Å². The molecule has 3 nitrogen and oxygen atoms in total. The van der Waals surface area contributed by atoms with Crippen molar-refractivity contribution in [1.29, 1.82) is 0 Å². The molecule has 0 aromatic heterocycles. The number of likely N-dealkylation sites (tertiary alicyclic amines) is 1. The van der Waals surface area contributed by atoms with Crippen LogP contribution in [-0.4, -0.2) is 42.8 Å². The molecule has 3 heteroatoms. The predicted octanol–water partition coefficient (Wildman–Crippen LogP) is -0.105. The number of hydrogen-bond acceptors (Lipinski definition) is 3. The van der Waals surface area contributed by atoms with Crippen molar-refractivity contribution in [1.82, 2.24) is 4.90 Å². The van der Waals surface area contributed by atoms with Crippen molar-refractivity contribution >= 4 is 0 Å². The lowest BCUT2D eigenvalue weighted by molar-refractivity contribution is 0.205.